The fraction of sp³-hybridized carbons (Fsp3) is 0.357. The van der Waals surface area contributed by atoms with E-state index >= 15 is 0 Å². The van der Waals surface area contributed by atoms with Crippen LogP contribution in [0, 0.1) is 0 Å². The van der Waals surface area contributed by atoms with Crippen LogP contribution in [0.3, 0.4) is 0 Å². The SMILES string of the molecule is CC(C)(CNc1ccnc(CN)n1)c1ccncc1. The Balaban J connectivity index is 2.05. The summed E-state index contributed by atoms with van der Waals surface area (Å²) in [7, 11) is 0. The summed E-state index contributed by atoms with van der Waals surface area (Å²) < 4.78 is 0. The number of anilines is 1. The normalized spacial score (nSPS) is 11.3. The van der Waals surface area contributed by atoms with Gasteiger partial charge < -0.3 is 11.1 Å². The molecule has 2 aromatic heterocycles. The second kappa shape index (κ2) is 5.75. The Morgan fingerprint density at radius 2 is 1.89 bits per heavy atom. The Labute approximate surface area is 113 Å². The van der Waals surface area contributed by atoms with Crippen molar-refractivity contribution < 1.29 is 0 Å². The Morgan fingerprint density at radius 3 is 2.58 bits per heavy atom. The fourth-order valence-corrected chi connectivity index (χ4v) is 1.81. The molecule has 2 heterocycles. The first kappa shape index (κ1) is 13.4. The highest BCUT2D eigenvalue weighted by molar-refractivity contribution is 5.35. The number of nitrogens with two attached hydrogens (primary N) is 1. The Bertz CT molecular complexity index is 524. The van der Waals surface area contributed by atoms with E-state index < -0.39 is 0 Å². The van der Waals surface area contributed by atoms with Gasteiger partial charge in [-0.2, -0.15) is 0 Å². The van der Waals surface area contributed by atoms with E-state index in [0.717, 1.165) is 12.4 Å². The largest absolute Gasteiger partial charge is 0.369 e. The van der Waals surface area contributed by atoms with Gasteiger partial charge in [-0.1, -0.05) is 13.8 Å². The van der Waals surface area contributed by atoms with E-state index in [4.69, 9.17) is 5.73 Å². The molecule has 0 atom stereocenters. The molecule has 0 radical (unpaired) electrons. The van der Waals surface area contributed by atoms with Crippen molar-refractivity contribution in [3.05, 3.63) is 48.2 Å². The smallest absolute Gasteiger partial charge is 0.144 e. The summed E-state index contributed by atoms with van der Waals surface area (Å²) in [5, 5.41) is 3.33. The molecular formula is C14H19N5. The van der Waals surface area contributed by atoms with Crippen LogP contribution in [0.25, 0.3) is 0 Å². The van der Waals surface area contributed by atoms with Crippen LogP contribution < -0.4 is 11.1 Å². The van der Waals surface area contributed by atoms with Crippen molar-refractivity contribution in [1.29, 1.82) is 0 Å². The highest BCUT2D eigenvalue weighted by atomic mass is 15.0. The third kappa shape index (κ3) is 3.48. The van der Waals surface area contributed by atoms with Gasteiger partial charge in [-0.3, -0.25) is 4.98 Å². The molecule has 3 N–H and O–H groups in total. The van der Waals surface area contributed by atoms with E-state index in [0.29, 0.717) is 12.4 Å². The lowest BCUT2D eigenvalue weighted by molar-refractivity contribution is 0.555. The Hall–Kier alpha value is -2.01. The minimum Gasteiger partial charge on any atom is -0.369 e. The molecule has 0 amide bonds. The minimum absolute atomic E-state index is 0.00321. The molecule has 0 aliphatic heterocycles. The zero-order valence-electron chi connectivity index (χ0n) is 11.3. The standard InChI is InChI=1S/C14H19N5/c1-14(2,11-3-6-16-7-4-11)10-18-12-5-8-17-13(9-15)19-12/h3-8H,9-10,15H2,1-2H3,(H,17,18,19). The zero-order chi connectivity index (χ0) is 13.7. The molecule has 0 fully saturated rings. The van der Waals surface area contributed by atoms with Gasteiger partial charge in [0.15, 0.2) is 0 Å². The van der Waals surface area contributed by atoms with Crippen LogP contribution in [0.15, 0.2) is 36.8 Å². The van der Waals surface area contributed by atoms with Gasteiger partial charge in [0, 0.05) is 30.6 Å². The lowest BCUT2D eigenvalue weighted by Crippen LogP contribution is -2.28. The second-order valence-corrected chi connectivity index (χ2v) is 5.04. The molecular weight excluding hydrogens is 238 g/mol. The first-order valence-electron chi connectivity index (χ1n) is 6.28. The predicted molar refractivity (Wildman–Crippen MR) is 75.7 cm³/mol. The number of rotatable bonds is 5. The quantitative estimate of drug-likeness (QED) is 0.853. The lowest BCUT2D eigenvalue weighted by Gasteiger charge is -2.25. The Morgan fingerprint density at radius 1 is 1.16 bits per heavy atom. The first-order chi connectivity index (χ1) is 9.12. The van der Waals surface area contributed by atoms with Gasteiger partial charge in [-0.05, 0) is 23.8 Å². The summed E-state index contributed by atoms with van der Waals surface area (Å²) in [6, 6.07) is 5.92. The van der Waals surface area contributed by atoms with Gasteiger partial charge in [0.2, 0.25) is 0 Å². The van der Waals surface area contributed by atoms with Crippen LogP contribution in [0.2, 0.25) is 0 Å². The van der Waals surface area contributed by atoms with Crippen molar-refractivity contribution in [3.63, 3.8) is 0 Å². The number of pyridine rings is 1. The van der Waals surface area contributed by atoms with Crippen molar-refractivity contribution in [3.8, 4) is 0 Å². The maximum Gasteiger partial charge on any atom is 0.144 e. The summed E-state index contributed by atoms with van der Waals surface area (Å²) in [5.41, 5.74) is 6.77. The monoisotopic (exact) mass is 257 g/mol. The highest BCUT2D eigenvalue weighted by Gasteiger charge is 2.20. The third-order valence-corrected chi connectivity index (χ3v) is 3.06. The number of hydrogen-bond acceptors (Lipinski definition) is 5. The van der Waals surface area contributed by atoms with Crippen molar-refractivity contribution >= 4 is 5.82 Å². The molecule has 0 unspecified atom stereocenters. The van der Waals surface area contributed by atoms with Crippen LogP contribution in [0.4, 0.5) is 5.82 Å². The molecule has 0 aliphatic carbocycles. The maximum atomic E-state index is 5.53. The van der Waals surface area contributed by atoms with Gasteiger partial charge in [-0.15, -0.1) is 0 Å². The molecule has 19 heavy (non-hydrogen) atoms. The molecule has 5 heteroatoms. The van der Waals surface area contributed by atoms with Gasteiger partial charge in [0.05, 0.1) is 6.54 Å². The van der Waals surface area contributed by atoms with Crippen molar-refractivity contribution in [1.82, 2.24) is 15.0 Å². The molecule has 0 saturated carbocycles. The average molecular weight is 257 g/mol. The predicted octanol–water partition coefficient (Wildman–Crippen LogP) is 1.72. The van der Waals surface area contributed by atoms with Crippen LogP contribution in [0.5, 0.6) is 0 Å². The summed E-state index contributed by atoms with van der Waals surface area (Å²) in [5.74, 6) is 1.45. The molecule has 0 saturated heterocycles. The van der Waals surface area contributed by atoms with Crippen LogP contribution >= 0.6 is 0 Å². The molecule has 2 aromatic rings. The first-order valence-corrected chi connectivity index (χ1v) is 6.28. The molecule has 5 nitrogen and oxygen atoms in total. The Kier molecular flexibility index (Phi) is 4.06. The van der Waals surface area contributed by atoms with Crippen LogP contribution in [0.1, 0.15) is 25.2 Å². The van der Waals surface area contributed by atoms with Crippen LogP contribution in [-0.2, 0) is 12.0 Å². The van der Waals surface area contributed by atoms with Gasteiger partial charge in [-0.25, -0.2) is 9.97 Å². The van der Waals surface area contributed by atoms with Crippen molar-refractivity contribution in [2.75, 3.05) is 11.9 Å². The van der Waals surface area contributed by atoms with Gasteiger partial charge >= 0.3 is 0 Å². The molecule has 0 spiro atoms. The molecule has 0 aromatic carbocycles. The minimum atomic E-state index is -0.00321. The summed E-state index contributed by atoms with van der Waals surface area (Å²) in [4.78, 5) is 12.4. The summed E-state index contributed by atoms with van der Waals surface area (Å²) >= 11 is 0. The van der Waals surface area contributed by atoms with Crippen molar-refractivity contribution in [2.45, 2.75) is 25.8 Å². The van der Waals surface area contributed by atoms with Gasteiger partial charge in [0.1, 0.15) is 11.6 Å². The van der Waals surface area contributed by atoms with E-state index in [-0.39, 0.29) is 5.41 Å². The summed E-state index contributed by atoms with van der Waals surface area (Å²) in [6.45, 7) is 5.49. The topological polar surface area (TPSA) is 76.7 Å². The highest BCUT2D eigenvalue weighted by Crippen LogP contribution is 2.22. The van der Waals surface area contributed by atoms with E-state index in [2.05, 4.69) is 34.1 Å². The summed E-state index contributed by atoms with van der Waals surface area (Å²) in [6.07, 6.45) is 5.35. The zero-order valence-corrected chi connectivity index (χ0v) is 11.3. The van der Waals surface area contributed by atoms with E-state index in [1.165, 1.54) is 5.56 Å². The lowest BCUT2D eigenvalue weighted by atomic mass is 9.85. The molecule has 2 rings (SSSR count). The van der Waals surface area contributed by atoms with E-state index in [1.807, 2.05) is 30.6 Å². The molecule has 0 bridgehead atoms. The number of aromatic nitrogens is 3. The number of nitrogens with zero attached hydrogens (tertiary/aromatic N) is 3. The van der Waals surface area contributed by atoms with Crippen molar-refractivity contribution in [2.24, 2.45) is 5.73 Å². The van der Waals surface area contributed by atoms with Crippen LogP contribution in [-0.4, -0.2) is 21.5 Å². The number of hydrogen-bond donors (Lipinski definition) is 2. The molecule has 100 valence electrons. The maximum absolute atomic E-state index is 5.53. The third-order valence-electron chi connectivity index (χ3n) is 3.06. The fourth-order valence-electron chi connectivity index (χ4n) is 1.81. The van der Waals surface area contributed by atoms with E-state index in [9.17, 15) is 0 Å². The molecule has 0 aliphatic rings. The average Bonchev–Trinajstić information content (AvgIpc) is 2.46. The van der Waals surface area contributed by atoms with E-state index in [1.54, 1.807) is 6.20 Å². The van der Waals surface area contributed by atoms with Gasteiger partial charge in [0.25, 0.3) is 0 Å². The second-order valence-electron chi connectivity index (χ2n) is 5.04. The number of nitrogens with one attached hydrogen (secondary N) is 1.